The van der Waals surface area contributed by atoms with E-state index in [4.69, 9.17) is 14.7 Å². The summed E-state index contributed by atoms with van der Waals surface area (Å²) in [4.78, 5) is 20.5. The van der Waals surface area contributed by atoms with Crippen LogP contribution in [0.5, 0.6) is 5.88 Å². The molecule has 4 rings (SSSR count). The summed E-state index contributed by atoms with van der Waals surface area (Å²) in [5.74, 6) is -0.522. The number of oxime groups is 1. The Kier molecular flexibility index (Phi) is 8.45. The number of carbonyl (C=O) groups is 1. The molecular formula is C26H30F3N3O4. The predicted octanol–water partition coefficient (Wildman–Crippen LogP) is 5.42. The first kappa shape index (κ1) is 25.9. The number of carboxylic acid groups (broad SMARTS) is 1. The van der Waals surface area contributed by atoms with E-state index in [1.54, 1.807) is 24.3 Å². The fourth-order valence-electron chi connectivity index (χ4n) is 4.69. The molecule has 1 aliphatic heterocycles. The van der Waals surface area contributed by atoms with Gasteiger partial charge in [0.2, 0.25) is 5.88 Å². The van der Waals surface area contributed by atoms with Gasteiger partial charge >= 0.3 is 12.1 Å². The number of hydrogen-bond donors (Lipinski definition) is 2. The summed E-state index contributed by atoms with van der Waals surface area (Å²) < 4.78 is 47.1. The number of aromatic nitrogens is 1. The highest BCUT2D eigenvalue weighted by atomic mass is 19.4. The second-order valence-electron chi connectivity index (χ2n) is 9.14. The lowest BCUT2D eigenvalue weighted by molar-refractivity contribution is -0.139. The molecule has 0 bridgehead atoms. The SMILES string of the molecule is O=C(O)CCNCc1ccc2c(n1)OCC/C2=N\OCc1ccc(C2CCCCC2)c(C(F)(F)F)c1. The monoisotopic (exact) mass is 505 g/mol. The number of pyridine rings is 1. The van der Waals surface area contributed by atoms with Gasteiger partial charge in [0.25, 0.3) is 0 Å². The van der Waals surface area contributed by atoms with E-state index in [0.717, 1.165) is 32.1 Å². The molecule has 2 heterocycles. The minimum absolute atomic E-state index is 0.0172. The number of aliphatic carboxylic acids is 1. The minimum atomic E-state index is -4.42. The maximum atomic E-state index is 13.8. The number of alkyl halides is 3. The molecule has 2 aromatic rings. The molecule has 1 saturated carbocycles. The molecule has 1 aliphatic carbocycles. The molecule has 0 amide bonds. The van der Waals surface area contributed by atoms with Crippen molar-refractivity contribution in [2.24, 2.45) is 5.16 Å². The zero-order chi connectivity index (χ0) is 25.5. The standard InChI is InChI=1S/C26H30F3N3O4/c27-26(28,29)22-14-17(6-8-20(22)18-4-2-1-3-5-18)16-36-32-23-11-13-35-25-21(23)9-7-19(31-25)15-30-12-10-24(33)34/h6-9,14,18,30H,1-5,10-13,15-16H2,(H,33,34)/b32-23+. The van der Waals surface area contributed by atoms with Crippen LogP contribution in [0.1, 0.15) is 78.8 Å². The van der Waals surface area contributed by atoms with Gasteiger partial charge < -0.3 is 20.0 Å². The maximum absolute atomic E-state index is 13.8. The van der Waals surface area contributed by atoms with Crippen LogP contribution < -0.4 is 10.1 Å². The Morgan fingerprint density at radius 3 is 2.75 bits per heavy atom. The molecule has 10 heteroatoms. The van der Waals surface area contributed by atoms with Crippen LogP contribution in [0.4, 0.5) is 13.2 Å². The number of benzene rings is 1. The highest BCUT2D eigenvalue weighted by Gasteiger charge is 2.35. The van der Waals surface area contributed by atoms with Crippen molar-refractivity contribution in [2.75, 3.05) is 13.2 Å². The lowest BCUT2D eigenvalue weighted by Gasteiger charge is -2.25. The van der Waals surface area contributed by atoms with Crippen molar-refractivity contribution in [3.63, 3.8) is 0 Å². The average molecular weight is 506 g/mol. The Bertz CT molecular complexity index is 1100. The van der Waals surface area contributed by atoms with Crippen LogP contribution in [0.3, 0.4) is 0 Å². The molecule has 0 spiro atoms. The van der Waals surface area contributed by atoms with Gasteiger partial charge in [-0.1, -0.05) is 36.6 Å². The van der Waals surface area contributed by atoms with Gasteiger partial charge in [0.05, 0.1) is 35.6 Å². The summed E-state index contributed by atoms with van der Waals surface area (Å²) in [6.45, 7) is 0.998. The first-order valence-corrected chi connectivity index (χ1v) is 12.3. The topological polar surface area (TPSA) is 93.0 Å². The second-order valence-corrected chi connectivity index (χ2v) is 9.14. The second kappa shape index (κ2) is 11.7. The number of fused-ring (bicyclic) bond motifs is 1. The van der Waals surface area contributed by atoms with E-state index < -0.39 is 17.7 Å². The summed E-state index contributed by atoms with van der Waals surface area (Å²) in [6, 6.07) is 8.08. The Morgan fingerprint density at radius 1 is 1.19 bits per heavy atom. The summed E-state index contributed by atoms with van der Waals surface area (Å²) in [5, 5.41) is 15.9. The third-order valence-electron chi connectivity index (χ3n) is 6.50. The number of rotatable bonds is 9. The van der Waals surface area contributed by atoms with Gasteiger partial charge in [-0.25, -0.2) is 4.98 Å². The lowest BCUT2D eigenvalue weighted by Crippen LogP contribution is -2.21. The summed E-state index contributed by atoms with van der Waals surface area (Å²) in [6.07, 6.45) is 0.687. The maximum Gasteiger partial charge on any atom is 0.416 e. The smallest absolute Gasteiger partial charge is 0.416 e. The van der Waals surface area contributed by atoms with Crippen molar-refractivity contribution in [1.29, 1.82) is 0 Å². The van der Waals surface area contributed by atoms with Crippen LogP contribution in [0, 0.1) is 0 Å². The summed E-state index contributed by atoms with van der Waals surface area (Å²) in [5.41, 5.74) is 2.20. The first-order chi connectivity index (χ1) is 17.3. The van der Waals surface area contributed by atoms with E-state index in [1.807, 2.05) is 0 Å². The normalized spacial score (nSPS) is 17.5. The Morgan fingerprint density at radius 2 is 2.00 bits per heavy atom. The van der Waals surface area contributed by atoms with Crippen LogP contribution >= 0.6 is 0 Å². The molecule has 194 valence electrons. The first-order valence-electron chi connectivity index (χ1n) is 12.3. The Hall–Kier alpha value is -3.14. The van der Waals surface area contributed by atoms with Crippen molar-refractivity contribution in [1.82, 2.24) is 10.3 Å². The molecule has 2 N–H and O–H groups in total. The largest absolute Gasteiger partial charge is 0.481 e. The van der Waals surface area contributed by atoms with Crippen molar-refractivity contribution in [3.05, 3.63) is 58.3 Å². The third-order valence-corrected chi connectivity index (χ3v) is 6.50. The number of nitrogens with zero attached hydrogens (tertiary/aromatic N) is 2. The van der Waals surface area contributed by atoms with Gasteiger partial charge in [-0.15, -0.1) is 0 Å². The van der Waals surface area contributed by atoms with E-state index >= 15 is 0 Å². The van der Waals surface area contributed by atoms with Crippen LogP contribution in [0.15, 0.2) is 35.5 Å². The summed E-state index contributed by atoms with van der Waals surface area (Å²) in [7, 11) is 0. The van der Waals surface area contributed by atoms with E-state index in [-0.39, 0.29) is 18.9 Å². The van der Waals surface area contributed by atoms with E-state index in [9.17, 15) is 18.0 Å². The Balaban J connectivity index is 1.41. The number of hydrogen-bond acceptors (Lipinski definition) is 6. The van der Waals surface area contributed by atoms with Gasteiger partial charge in [0.15, 0.2) is 0 Å². The van der Waals surface area contributed by atoms with Crippen LogP contribution in [0.2, 0.25) is 0 Å². The van der Waals surface area contributed by atoms with E-state index in [2.05, 4.69) is 15.5 Å². The molecule has 36 heavy (non-hydrogen) atoms. The Labute approximate surface area is 207 Å². The van der Waals surface area contributed by atoms with Crippen LogP contribution in [-0.4, -0.2) is 34.9 Å². The third kappa shape index (κ3) is 6.75. The highest BCUT2D eigenvalue weighted by molar-refractivity contribution is 6.02. The van der Waals surface area contributed by atoms with E-state index in [0.29, 0.717) is 60.1 Å². The minimum Gasteiger partial charge on any atom is -0.481 e. The molecule has 1 fully saturated rings. The quantitative estimate of drug-likeness (QED) is 0.349. The molecule has 7 nitrogen and oxygen atoms in total. The fourth-order valence-corrected chi connectivity index (χ4v) is 4.69. The fraction of sp³-hybridized carbons (Fsp3) is 0.500. The van der Waals surface area contributed by atoms with Gasteiger partial charge in [-0.05, 0) is 48.1 Å². The molecule has 0 radical (unpaired) electrons. The van der Waals surface area contributed by atoms with Gasteiger partial charge in [0, 0.05) is 19.5 Å². The molecule has 0 unspecified atom stereocenters. The summed E-state index contributed by atoms with van der Waals surface area (Å²) >= 11 is 0. The van der Waals surface area contributed by atoms with Crippen molar-refractivity contribution >= 4 is 11.7 Å². The molecule has 2 aliphatic rings. The average Bonchev–Trinajstić information content (AvgIpc) is 2.86. The molecule has 0 saturated heterocycles. The van der Waals surface area contributed by atoms with Crippen molar-refractivity contribution < 1.29 is 32.6 Å². The number of nitrogens with one attached hydrogen (secondary N) is 1. The van der Waals surface area contributed by atoms with Crippen LogP contribution in [-0.2, 0) is 29.0 Å². The highest BCUT2D eigenvalue weighted by Crippen LogP contribution is 2.41. The zero-order valence-electron chi connectivity index (χ0n) is 19.9. The molecular weight excluding hydrogens is 475 g/mol. The van der Waals surface area contributed by atoms with Crippen molar-refractivity contribution in [3.8, 4) is 5.88 Å². The van der Waals surface area contributed by atoms with Gasteiger partial charge in [-0.2, -0.15) is 13.2 Å². The number of halogens is 3. The predicted molar refractivity (Wildman–Crippen MR) is 127 cm³/mol. The van der Waals surface area contributed by atoms with Gasteiger partial charge in [-0.3, -0.25) is 4.79 Å². The van der Waals surface area contributed by atoms with Gasteiger partial charge in [0.1, 0.15) is 6.61 Å². The van der Waals surface area contributed by atoms with E-state index in [1.165, 1.54) is 6.07 Å². The molecule has 1 aromatic carbocycles. The molecule has 0 atom stereocenters. The zero-order valence-corrected chi connectivity index (χ0v) is 19.9. The number of ether oxygens (including phenoxy) is 1. The van der Waals surface area contributed by atoms with Crippen LogP contribution in [0.25, 0.3) is 0 Å². The van der Waals surface area contributed by atoms with Crippen molar-refractivity contribution in [2.45, 2.75) is 70.2 Å². The lowest BCUT2D eigenvalue weighted by atomic mass is 9.81. The number of carboxylic acids is 1. The molecule has 1 aromatic heterocycles.